The standard InChI is InChI=1S/C17H18N4O3/c1-12(22)20-14-4-2-13(3-5-14)17(23)21-9-6-15(11-21)24-16-10-18-7-8-19-16/h2-5,7-8,10,15H,6,9,11H2,1H3,(H,20,22). The van der Waals surface area contributed by atoms with Gasteiger partial charge >= 0.3 is 0 Å². The molecule has 1 unspecified atom stereocenters. The summed E-state index contributed by atoms with van der Waals surface area (Å²) in [7, 11) is 0. The number of nitrogens with zero attached hydrogens (tertiary/aromatic N) is 3. The number of likely N-dealkylation sites (tertiary alicyclic amines) is 1. The van der Waals surface area contributed by atoms with Crippen LogP contribution in [0.5, 0.6) is 5.88 Å². The summed E-state index contributed by atoms with van der Waals surface area (Å²) in [5, 5.41) is 2.68. The fourth-order valence-corrected chi connectivity index (χ4v) is 2.61. The summed E-state index contributed by atoms with van der Waals surface area (Å²) >= 11 is 0. The number of rotatable bonds is 4. The van der Waals surface area contributed by atoms with Crippen LogP contribution in [0.2, 0.25) is 0 Å². The van der Waals surface area contributed by atoms with Crippen molar-refractivity contribution >= 4 is 17.5 Å². The molecule has 1 saturated heterocycles. The van der Waals surface area contributed by atoms with Crippen LogP contribution in [0, 0.1) is 0 Å². The Bertz CT molecular complexity index is 718. The van der Waals surface area contributed by atoms with Crippen molar-refractivity contribution in [3.63, 3.8) is 0 Å². The van der Waals surface area contributed by atoms with E-state index in [1.165, 1.54) is 6.92 Å². The molecule has 24 heavy (non-hydrogen) atoms. The maximum atomic E-state index is 12.5. The van der Waals surface area contributed by atoms with Gasteiger partial charge in [0.1, 0.15) is 6.10 Å². The Morgan fingerprint density at radius 2 is 2.04 bits per heavy atom. The van der Waals surface area contributed by atoms with Crippen molar-refractivity contribution in [3.05, 3.63) is 48.4 Å². The molecule has 7 nitrogen and oxygen atoms in total. The normalized spacial score (nSPS) is 16.7. The Labute approximate surface area is 139 Å². The smallest absolute Gasteiger partial charge is 0.253 e. The predicted molar refractivity (Wildman–Crippen MR) is 87.7 cm³/mol. The molecule has 1 atom stereocenters. The van der Waals surface area contributed by atoms with Gasteiger partial charge in [-0.3, -0.25) is 14.6 Å². The molecule has 1 N–H and O–H groups in total. The average Bonchev–Trinajstić information content (AvgIpc) is 3.04. The first-order valence-electron chi connectivity index (χ1n) is 7.71. The summed E-state index contributed by atoms with van der Waals surface area (Å²) in [4.78, 5) is 33.3. The molecule has 7 heteroatoms. The molecule has 2 heterocycles. The van der Waals surface area contributed by atoms with Gasteiger partial charge < -0.3 is 15.0 Å². The second kappa shape index (κ2) is 7.08. The van der Waals surface area contributed by atoms with Gasteiger partial charge in [0.25, 0.3) is 5.91 Å². The van der Waals surface area contributed by atoms with Crippen LogP contribution in [0.4, 0.5) is 5.69 Å². The summed E-state index contributed by atoms with van der Waals surface area (Å²) in [6, 6.07) is 6.87. The highest BCUT2D eigenvalue weighted by atomic mass is 16.5. The minimum absolute atomic E-state index is 0.0466. The van der Waals surface area contributed by atoms with Crippen LogP contribution in [-0.2, 0) is 4.79 Å². The van der Waals surface area contributed by atoms with E-state index in [2.05, 4.69) is 15.3 Å². The average molecular weight is 326 g/mol. The van der Waals surface area contributed by atoms with E-state index in [1.807, 2.05) is 0 Å². The Morgan fingerprint density at radius 1 is 1.25 bits per heavy atom. The molecule has 0 radical (unpaired) electrons. The van der Waals surface area contributed by atoms with E-state index in [0.717, 1.165) is 6.42 Å². The Hall–Kier alpha value is -2.96. The van der Waals surface area contributed by atoms with Gasteiger partial charge in [-0.05, 0) is 24.3 Å². The first kappa shape index (κ1) is 15.9. The molecule has 1 aromatic heterocycles. The molecule has 0 aliphatic carbocycles. The molecule has 2 aromatic rings. The minimum atomic E-state index is -0.141. The second-order valence-corrected chi connectivity index (χ2v) is 5.58. The zero-order valence-electron chi connectivity index (χ0n) is 13.3. The van der Waals surface area contributed by atoms with Crippen LogP contribution < -0.4 is 10.1 Å². The van der Waals surface area contributed by atoms with Crippen molar-refractivity contribution in [2.45, 2.75) is 19.4 Å². The van der Waals surface area contributed by atoms with Gasteiger partial charge in [-0.25, -0.2) is 4.98 Å². The third-order valence-electron chi connectivity index (χ3n) is 3.71. The molecule has 2 amide bonds. The Kier molecular flexibility index (Phi) is 4.69. The molecule has 1 aromatic carbocycles. The summed E-state index contributed by atoms with van der Waals surface area (Å²) in [5.74, 6) is 0.281. The van der Waals surface area contributed by atoms with Gasteiger partial charge in [-0.2, -0.15) is 0 Å². The minimum Gasteiger partial charge on any atom is -0.471 e. The molecule has 1 aliphatic rings. The van der Waals surface area contributed by atoms with E-state index in [0.29, 0.717) is 30.2 Å². The lowest BCUT2D eigenvalue weighted by atomic mass is 10.2. The third-order valence-corrected chi connectivity index (χ3v) is 3.71. The summed E-state index contributed by atoms with van der Waals surface area (Å²) in [6.07, 6.45) is 5.40. The van der Waals surface area contributed by atoms with Crippen LogP contribution in [-0.4, -0.2) is 45.9 Å². The van der Waals surface area contributed by atoms with E-state index >= 15 is 0 Å². The van der Waals surface area contributed by atoms with Crippen LogP contribution in [0.1, 0.15) is 23.7 Å². The van der Waals surface area contributed by atoms with Crippen molar-refractivity contribution in [1.29, 1.82) is 0 Å². The third kappa shape index (κ3) is 3.87. The molecule has 124 valence electrons. The fraction of sp³-hybridized carbons (Fsp3) is 0.294. The number of carbonyl (C=O) groups excluding carboxylic acids is 2. The first-order chi connectivity index (χ1) is 11.6. The van der Waals surface area contributed by atoms with Gasteiger partial charge in [-0.15, -0.1) is 0 Å². The van der Waals surface area contributed by atoms with Crippen LogP contribution in [0.15, 0.2) is 42.9 Å². The maximum absolute atomic E-state index is 12.5. The van der Waals surface area contributed by atoms with Crippen LogP contribution in [0.25, 0.3) is 0 Å². The van der Waals surface area contributed by atoms with E-state index < -0.39 is 0 Å². The Balaban J connectivity index is 1.59. The van der Waals surface area contributed by atoms with E-state index in [9.17, 15) is 9.59 Å². The quantitative estimate of drug-likeness (QED) is 0.925. The summed E-state index contributed by atoms with van der Waals surface area (Å²) in [6.45, 7) is 2.60. The monoisotopic (exact) mass is 326 g/mol. The lowest BCUT2D eigenvalue weighted by molar-refractivity contribution is -0.114. The largest absolute Gasteiger partial charge is 0.471 e. The van der Waals surface area contributed by atoms with Crippen LogP contribution >= 0.6 is 0 Å². The zero-order valence-corrected chi connectivity index (χ0v) is 13.3. The van der Waals surface area contributed by atoms with E-state index in [1.54, 1.807) is 47.8 Å². The number of aromatic nitrogens is 2. The molecule has 1 aliphatic heterocycles. The van der Waals surface area contributed by atoms with Crippen molar-refractivity contribution in [2.24, 2.45) is 0 Å². The number of hydrogen-bond donors (Lipinski definition) is 1. The number of ether oxygens (including phenoxy) is 1. The van der Waals surface area contributed by atoms with E-state index in [-0.39, 0.29) is 17.9 Å². The molecule has 0 saturated carbocycles. The molecule has 3 rings (SSSR count). The highest BCUT2D eigenvalue weighted by Crippen LogP contribution is 2.19. The maximum Gasteiger partial charge on any atom is 0.253 e. The predicted octanol–water partition coefficient (Wildman–Crippen LogP) is 1.73. The number of amides is 2. The van der Waals surface area contributed by atoms with Crippen molar-refractivity contribution in [2.75, 3.05) is 18.4 Å². The number of benzene rings is 1. The highest BCUT2D eigenvalue weighted by molar-refractivity contribution is 5.95. The Morgan fingerprint density at radius 3 is 2.71 bits per heavy atom. The number of carbonyl (C=O) groups is 2. The van der Waals surface area contributed by atoms with Crippen molar-refractivity contribution in [1.82, 2.24) is 14.9 Å². The molecule has 0 spiro atoms. The molecular formula is C17H18N4O3. The lowest BCUT2D eigenvalue weighted by Crippen LogP contribution is -2.31. The second-order valence-electron chi connectivity index (χ2n) is 5.58. The van der Waals surface area contributed by atoms with E-state index in [4.69, 9.17) is 4.74 Å². The molecular weight excluding hydrogens is 308 g/mol. The lowest BCUT2D eigenvalue weighted by Gasteiger charge is -2.17. The van der Waals surface area contributed by atoms with Gasteiger partial charge in [0.2, 0.25) is 11.8 Å². The van der Waals surface area contributed by atoms with Crippen molar-refractivity contribution < 1.29 is 14.3 Å². The van der Waals surface area contributed by atoms with Gasteiger partial charge in [0, 0.05) is 43.5 Å². The summed E-state index contributed by atoms with van der Waals surface area (Å²) < 4.78 is 5.74. The number of hydrogen-bond acceptors (Lipinski definition) is 5. The molecule has 0 bridgehead atoms. The fourth-order valence-electron chi connectivity index (χ4n) is 2.61. The first-order valence-corrected chi connectivity index (χ1v) is 7.71. The van der Waals surface area contributed by atoms with Gasteiger partial charge in [0.05, 0.1) is 12.7 Å². The van der Waals surface area contributed by atoms with Gasteiger partial charge in [0.15, 0.2) is 0 Å². The zero-order chi connectivity index (χ0) is 16.9. The van der Waals surface area contributed by atoms with Crippen LogP contribution in [0.3, 0.4) is 0 Å². The number of nitrogens with one attached hydrogen (secondary N) is 1. The topological polar surface area (TPSA) is 84.4 Å². The molecule has 1 fully saturated rings. The van der Waals surface area contributed by atoms with Gasteiger partial charge in [-0.1, -0.05) is 0 Å². The SMILES string of the molecule is CC(=O)Nc1ccc(C(=O)N2CCC(Oc3cnccn3)C2)cc1. The number of anilines is 1. The summed E-state index contributed by atoms with van der Waals surface area (Å²) in [5.41, 5.74) is 1.26. The van der Waals surface area contributed by atoms with Crippen molar-refractivity contribution in [3.8, 4) is 5.88 Å². The highest BCUT2D eigenvalue weighted by Gasteiger charge is 2.28.